The monoisotopic (exact) mass is 243 g/mol. The molecule has 0 N–H and O–H groups in total. The van der Waals surface area contributed by atoms with Crippen LogP contribution in [0.5, 0.6) is 0 Å². The second kappa shape index (κ2) is 5.19. The summed E-state index contributed by atoms with van der Waals surface area (Å²) in [4.78, 5) is 13.9. The number of hydrogen-bond acceptors (Lipinski definition) is 3. The van der Waals surface area contributed by atoms with Crippen molar-refractivity contribution in [2.45, 2.75) is 31.6 Å². The van der Waals surface area contributed by atoms with Gasteiger partial charge in [0.15, 0.2) is 5.78 Å². The lowest BCUT2D eigenvalue weighted by molar-refractivity contribution is -0.114. The Hall–Kier alpha value is -0.540. The number of rotatable bonds is 2. The van der Waals surface area contributed by atoms with E-state index < -0.39 is 0 Å². The molecule has 3 nitrogen and oxygen atoms in total. The van der Waals surface area contributed by atoms with Crippen molar-refractivity contribution in [2.75, 3.05) is 26.3 Å². The second-order valence-corrected chi connectivity index (χ2v) is 4.91. The van der Waals surface area contributed by atoms with Gasteiger partial charge in [0.25, 0.3) is 0 Å². The molecule has 0 saturated carbocycles. The third-order valence-corrected chi connectivity index (χ3v) is 3.69. The van der Waals surface area contributed by atoms with Crippen LogP contribution in [0.4, 0.5) is 0 Å². The summed E-state index contributed by atoms with van der Waals surface area (Å²) in [5, 5.41) is 0.00532. The summed E-state index contributed by atoms with van der Waals surface area (Å²) in [5.41, 5.74) is 2.01. The molecule has 0 bridgehead atoms. The molecule has 1 heterocycles. The van der Waals surface area contributed by atoms with Crippen LogP contribution in [0.25, 0.3) is 0 Å². The van der Waals surface area contributed by atoms with Crippen molar-refractivity contribution >= 4 is 17.4 Å². The van der Waals surface area contributed by atoms with Gasteiger partial charge in [0.2, 0.25) is 0 Å². The van der Waals surface area contributed by atoms with E-state index in [2.05, 4.69) is 4.90 Å². The van der Waals surface area contributed by atoms with Crippen molar-refractivity contribution < 1.29 is 9.53 Å². The van der Waals surface area contributed by atoms with Crippen molar-refractivity contribution in [1.29, 1.82) is 0 Å². The smallest absolute Gasteiger partial charge is 0.157 e. The van der Waals surface area contributed by atoms with Crippen LogP contribution in [-0.4, -0.2) is 42.4 Å². The Morgan fingerprint density at radius 3 is 2.75 bits per heavy atom. The minimum absolute atomic E-state index is 0.00532. The maximum Gasteiger partial charge on any atom is 0.157 e. The number of carbonyl (C=O) groups is 1. The third-order valence-electron chi connectivity index (χ3n) is 3.27. The molecule has 4 heteroatoms. The van der Waals surface area contributed by atoms with Crippen LogP contribution in [0.1, 0.15) is 26.2 Å². The van der Waals surface area contributed by atoms with Gasteiger partial charge in [-0.15, -0.1) is 11.6 Å². The number of halogens is 1. The fraction of sp³-hybridized carbons (Fsp3) is 0.750. The standard InChI is InChI=1S/C12H18ClNO2/c1-9(15)10-3-2-4-11(13)12(10)14-5-7-16-8-6-14/h11H,2-8H2,1H3. The minimum atomic E-state index is 0.00532. The van der Waals surface area contributed by atoms with Gasteiger partial charge in [0.1, 0.15) is 0 Å². The number of allylic oxidation sites excluding steroid dienone is 2. The van der Waals surface area contributed by atoms with Crippen LogP contribution < -0.4 is 0 Å². The molecule has 1 aliphatic carbocycles. The summed E-state index contributed by atoms with van der Waals surface area (Å²) in [6.07, 6.45) is 2.88. The van der Waals surface area contributed by atoms with E-state index in [1.54, 1.807) is 6.92 Å². The van der Waals surface area contributed by atoms with Gasteiger partial charge in [-0.05, 0) is 26.2 Å². The normalized spacial score (nSPS) is 27.1. The Labute approximate surface area is 101 Å². The van der Waals surface area contributed by atoms with E-state index in [4.69, 9.17) is 16.3 Å². The number of hydrogen-bond donors (Lipinski definition) is 0. The first-order valence-corrected chi connectivity index (χ1v) is 6.34. The molecular formula is C12H18ClNO2. The van der Waals surface area contributed by atoms with E-state index in [0.717, 1.165) is 56.8 Å². The molecule has 0 aromatic rings. The molecule has 90 valence electrons. The summed E-state index contributed by atoms with van der Waals surface area (Å²) in [7, 11) is 0. The lowest BCUT2D eigenvalue weighted by Gasteiger charge is -2.36. The quantitative estimate of drug-likeness (QED) is 0.695. The van der Waals surface area contributed by atoms with Gasteiger partial charge in [0, 0.05) is 24.4 Å². The SMILES string of the molecule is CC(=O)C1=C(N2CCOCC2)C(Cl)CCC1. The molecule has 1 aliphatic heterocycles. The van der Waals surface area contributed by atoms with Crippen LogP contribution in [0.15, 0.2) is 11.3 Å². The largest absolute Gasteiger partial charge is 0.378 e. The van der Waals surface area contributed by atoms with Gasteiger partial charge < -0.3 is 9.64 Å². The van der Waals surface area contributed by atoms with Crippen LogP contribution >= 0.6 is 11.6 Å². The molecular weight excluding hydrogens is 226 g/mol. The molecule has 2 rings (SSSR count). The van der Waals surface area contributed by atoms with Crippen molar-refractivity contribution in [3.63, 3.8) is 0 Å². The zero-order valence-corrected chi connectivity index (χ0v) is 10.4. The van der Waals surface area contributed by atoms with Crippen LogP contribution in [0.2, 0.25) is 0 Å². The van der Waals surface area contributed by atoms with Crippen molar-refractivity contribution in [1.82, 2.24) is 4.90 Å². The Morgan fingerprint density at radius 2 is 2.12 bits per heavy atom. The lowest BCUT2D eigenvalue weighted by atomic mass is 9.92. The first kappa shape index (κ1) is 11.9. The predicted octanol–water partition coefficient (Wildman–Crippen LogP) is 1.95. The number of ether oxygens (including phenoxy) is 1. The third kappa shape index (κ3) is 2.41. The highest BCUT2D eigenvalue weighted by Crippen LogP contribution is 2.32. The number of Topliss-reactive ketones (excluding diaryl/α,β-unsaturated/α-hetero) is 1. The number of alkyl halides is 1. The fourth-order valence-corrected chi connectivity index (χ4v) is 2.89. The second-order valence-electron chi connectivity index (χ2n) is 4.38. The van der Waals surface area contributed by atoms with Crippen molar-refractivity contribution in [3.8, 4) is 0 Å². The average molecular weight is 244 g/mol. The molecule has 0 radical (unpaired) electrons. The highest BCUT2D eigenvalue weighted by Gasteiger charge is 2.28. The van der Waals surface area contributed by atoms with Gasteiger partial charge in [-0.1, -0.05) is 0 Å². The molecule has 16 heavy (non-hydrogen) atoms. The van der Waals surface area contributed by atoms with Gasteiger partial charge in [-0.2, -0.15) is 0 Å². The molecule has 0 amide bonds. The number of nitrogens with zero attached hydrogens (tertiary/aromatic N) is 1. The lowest BCUT2D eigenvalue weighted by Crippen LogP contribution is -2.40. The highest BCUT2D eigenvalue weighted by atomic mass is 35.5. The zero-order valence-electron chi connectivity index (χ0n) is 9.67. The van der Waals surface area contributed by atoms with E-state index in [9.17, 15) is 4.79 Å². The number of carbonyl (C=O) groups excluding carboxylic acids is 1. The maximum atomic E-state index is 11.6. The predicted molar refractivity (Wildman–Crippen MR) is 63.6 cm³/mol. The Balaban J connectivity index is 2.26. The molecule has 0 spiro atoms. The molecule has 2 aliphatic rings. The summed E-state index contributed by atoms with van der Waals surface area (Å²) in [6, 6.07) is 0. The number of ketones is 1. The Kier molecular flexibility index (Phi) is 3.87. The average Bonchev–Trinajstić information content (AvgIpc) is 2.29. The van der Waals surface area contributed by atoms with E-state index >= 15 is 0 Å². The van der Waals surface area contributed by atoms with Crippen LogP contribution in [-0.2, 0) is 9.53 Å². The van der Waals surface area contributed by atoms with Gasteiger partial charge in [-0.25, -0.2) is 0 Å². The molecule has 0 aromatic heterocycles. The van der Waals surface area contributed by atoms with E-state index in [-0.39, 0.29) is 11.2 Å². The summed E-state index contributed by atoms with van der Waals surface area (Å²) in [5.74, 6) is 0.173. The van der Waals surface area contributed by atoms with Crippen LogP contribution in [0.3, 0.4) is 0 Å². The van der Waals surface area contributed by atoms with E-state index in [1.807, 2.05) is 0 Å². The van der Waals surface area contributed by atoms with E-state index in [0.29, 0.717) is 0 Å². The van der Waals surface area contributed by atoms with Crippen LogP contribution in [0, 0.1) is 0 Å². The molecule has 0 aromatic carbocycles. The minimum Gasteiger partial charge on any atom is -0.378 e. The maximum absolute atomic E-state index is 11.6. The molecule has 1 atom stereocenters. The molecule has 1 fully saturated rings. The zero-order chi connectivity index (χ0) is 11.5. The molecule has 1 saturated heterocycles. The van der Waals surface area contributed by atoms with Crippen molar-refractivity contribution in [3.05, 3.63) is 11.3 Å². The van der Waals surface area contributed by atoms with Gasteiger partial charge in [0.05, 0.1) is 18.6 Å². The van der Waals surface area contributed by atoms with Crippen molar-refractivity contribution in [2.24, 2.45) is 0 Å². The first-order valence-electron chi connectivity index (χ1n) is 5.91. The highest BCUT2D eigenvalue weighted by molar-refractivity contribution is 6.23. The van der Waals surface area contributed by atoms with Gasteiger partial charge in [-0.3, -0.25) is 4.79 Å². The number of morpholine rings is 1. The summed E-state index contributed by atoms with van der Waals surface area (Å²) in [6.45, 7) is 4.83. The summed E-state index contributed by atoms with van der Waals surface area (Å²) < 4.78 is 5.33. The Morgan fingerprint density at radius 1 is 1.44 bits per heavy atom. The summed E-state index contributed by atoms with van der Waals surface area (Å²) >= 11 is 6.36. The topological polar surface area (TPSA) is 29.5 Å². The first-order chi connectivity index (χ1) is 7.70. The molecule has 1 unspecified atom stereocenters. The van der Waals surface area contributed by atoms with E-state index in [1.165, 1.54) is 0 Å². The Bertz CT molecular complexity index is 308. The van der Waals surface area contributed by atoms with Gasteiger partial charge >= 0.3 is 0 Å². The fourth-order valence-electron chi connectivity index (χ4n) is 2.46.